The summed E-state index contributed by atoms with van der Waals surface area (Å²) in [6.45, 7) is 9.04. The van der Waals surface area contributed by atoms with Crippen molar-refractivity contribution in [3.05, 3.63) is 11.8 Å². The third-order valence-electron chi connectivity index (χ3n) is 8.36. The lowest BCUT2D eigenvalue weighted by Gasteiger charge is -2.42. The highest BCUT2D eigenvalue weighted by Gasteiger charge is 2.38. The SMILES string of the molecule is CCCCCCCCCCCCCCCC(=O)OC(CC)[N+]1(C)CCC=C(c2nsnc2OCCCCCC)C1. The highest BCUT2D eigenvalue weighted by molar-refractivity contribution is 6.99. The van der Waals surface area contributed by atoms with E-state index >= 15 is 0 Å². The number of carbonyl (C=O) groups is 1. The van der Waals surface area contributed by atoms with Gasteiger partial charge < -0.3 is 9.47 Å². The van der Waals surface area contributed by atoms with Crippen LogP contribution in [-0.4, -0.2) is 52.2 Å². The fraction of sp³-hybridized carbons (Fsp3) is 0.848. The van der Waals surface area contributed by atoms with Crippen LogP contribution >= 0.6 is 11.7 Å². The van der Waals surface area contributed by atoms with Crippen molar-refractivity contribution in [1.82, 2.24) is 8.75 Å². The lowest BCUT2D eigenvalue weighted by Crippen LogP contribution is -2.56. The zero-order valence-electron chi connectivity index (χ0n) is 26.4. The molecule has 1 aromatic heterocycles. The molecule has 0 bridgehead atoms. The summed E-state index contributed by atoms with van der Waals surface area (Å²) in [5.41, 5.74) is 2.04. The zero-order chi connectivity index (χ0) is 28.9. The minimum absolute atomic E-state index is 0.0446. The normalized spacial score (nSPS) is 17.9. The van der Waals surface area contributed by atoms with Crippen LogP contribution in [0.2, 0.25) is 0 Å². The molecular formula is C33H60N3O3S+. The number of hydrogen-bond donors (Lipinski definition) is 0. The van der Waals surface area contributed by atoms with Gasteiger partial charge in [0.1, 0.15) is 12.2 Å². The number of quaternary nitrogens is 1. The van der Waals surface area contributed by atoms with E-state index < -0.39 is 0 Å². The van der Waals surface area contributed by atoms with Crippen molar-refractivity contribution in [3.8, 4) is 5.88 Å². The van der Waals surface area contributed by atoms with Gasteiger partial charge in [0.15, 0.2) is 0 Å². The molecule has 2 unspecified atom stereocenters. The quantitative estimate of drug-likeness (QED) is 0.0694. The number of aromatic nitrogens is 2. The van der Waals surface area contributed by atoms with Gasteiger partial charge in [0, 0.05) is 24.8 Å². The number of likely N-dealkylation sites (N-methyl/N-ethyl adjacent to an activating group) is 1. The number of nitrogens with zero attached hydrogens (tertiary/aromatic N) is 3. The van der Waals surface area contributed by atoms with Gasteiger partial charge >= 0.3 is 5.97 Å². The maximum Gasteiger partial charge on any atom is 0.310 e. The van der Waals surface area contributed by atoms with Gasteiger partial charge in [0.05, 0.1) is 31.9 Å². The van der Waals surface area contributed by atoms with E-state index in [0.29, 0.717) is 23.4 Å². The van der Waals surface area contributed by atoms with Gasteiger partial charge in [-0.15, -0.1) is 4.37 Å². The van der Waals surface area contributed by atoms with Gasteiger partial charge in [-0.05, 0) is 12.8 Å². The van der Waals surface area contributed by atoms with E-state index in [1.54, 1.807) is 0 Å². The standard InChI is InChI=1S/C33H60N3O3S/c1-5-8-10-12-13-14-15-16-17-18-19-20-21-25-31(37)39-30(7-3)36(4)26-23-24-29(28-36)32-33(35-40-34-32)38-27-22-11-9-6-2/h24,30H,5-23,25-28H2,1-4H3/q+1. The Morgan fingerprint density at radius 2 is 1.43 bits per heavy atom. The van der Waals surface area contributed by atoms with Crippen LogP contribution in [-0.2, 0) is 9.53 Å². The van der Waals surface area contributed by atoms with Crippen molar-refractivity contribution >= 4 is 23.3 Å². The number of unbranched alkanes of at least 4 members (excludes halogenated alkanes) is 15. The van der Waals surface area contributed by atoms with Crippen LogP contribution in [0.3, 0.4) is 0 Å². The summed E-state index contributed by atoms with van der Waals surface area (Å²) in [6, 6.07) is 0. The van der Waals surface area contributed by atoms with Gasteiger partial charge in [-0.25, -0.2) is 0 Å². The highest BCUT2D eigenvalue weighted by atomic mass is 32.1. The molecule has 0 saturated heterocycles. The first kappa shape index (κ1) is 34.7. The first-order valence-electron chi connectivity index (χ1n) is 16.7. The number of carbonyl (C=O) groups excluding carboxylic acids is 1. The van der Waals surface area contributed by atoms with Crippen LogP contribution in [0.15, 0.2) is 6.08 Å². The van der Waals surface area contributed by atoms with Gasteiger partial charge in [-0.1, -0.05) is 123 Å². The maximum atomic E-state index is 12.8. The van der Waals surface area contributed by atoms with E-state index in [4.69, 9.17) is 9.47 Å². The van der Waals surface area contributed by atoms with E-state index in [0.717, 1.165) is 56.5 Å². The molecule has 230 valence electrons. The molecular weight excluding hydrogens is 518 g/mol. The molecule has 0 fully saturated rings. The maximum absolute atomic E-state index is 12.8. The Hall–Kier alpha value is -1.47. The van der Waals surface area contributed by atoms with E-state index in [1.165, 1.54) is 102 Å². The van der Waals surface area contributed by atoms with E-state index in [-0.39, 0.29) is 12.2 Å². The highest BCUT2D eigenvalue weighted by Crippen LogP contribution is 2.32. The third kappa shape index (κ3) is 13.5. The zero-order valence-corrected chi connectivity index (χ0v) is 27.2. The number of ether oxygens (including phenoxy) is 2. The Bertz CT molecular complexity index is 828. The van der Waals surface area contributed by atoms with E-state index in [1.807, 2.05) is 0 Å². The van der Waals surface area contributed by atoms with Gasteiger partial charge in [-0.2, -0.15) is 4.37 Å². The summed E-state index contributed by atoms with van der Waals surface area (Å²) in [4.78, 5) is 12.8. The van der Waals surface area contributed by atoms with Gasteiger partial charge in [0.25, 0.3) is 5.88 Å². The average molecular weight is 579 g/mol. The number of esters is 1. The molecule has 2 rings (SSSR count). The third-order valence-corrected chi connectivity index (χ3v) is 8.87. The largest absolute Gasteiger partial charge is 0.475 e. The van der Waals surface area contributed by atoms with Crippen LogP contribution < -0.4 is 4.74 Å². The van der Waals surface area contributed by atoms with Gasteiger partial charge in [-0.3, -0.25) is 9.28 Å². The molecule has 6 nitrogen and oxygen atoms in total. The number of rotatable bonds is 24. The molecule has 1 aliphatic rings. The van der Waals surface area contributed by atoms with Crippen LogP contribution in [0.5, 0.6) is 5.88 Å². The lowest BCUT2D eigenvalue weighted by molar-refractivity contribution is -0.947. The molecule has 0 radical (unpaired) electrons. The first-order chi connectivity index (χ1) is 19.5. The Balaban J connectivity index is 1.66. The predicted molar refractivity (Wildman–Crippen MR) is 169 cm³/mol. The summed E-state index contributed by atoms with van der Waals surface area (Å²) in [5.74, 6) is 0.616. The summed E-state index contributed by atoms with van der Waals surface area (Å²) in [6.07, 6.45) is 26.1. The summed E-state index contributed by atoms with van der Waals surface area (Å²) in [5, 5.41) is 0. The summed E-state index contributed by atoms with van der Waals surface area (Å²) in [7, 11) is 2.21. The molecule has 7 heteroatoms. The second-order valence-electron chi connectivity index (χ2n) is 12.1. The summed E-state index contributed by atoms with van der Waals surface area (Å²) < 4.78 is 21.8. The molecule has 1 aliphatic heterocycles. The van der Waals surface area contributed by atoms with Crippen molar-refractivity contribution in [2.75, 3.05) is 26.7 Å². The molecule has 2 atom stereocenters. The van der Waals surface area contributed by atoms with Crippen molar-refractivity contribution < 1.29 is 18.8 Å². The fourth-order valence-corrected chi connectivity index (χ4v) is 6.33. The minimum atomic E-state index is -0.136. The number of hydrogen-bond acceptors (Lipinski definition) is 6. The Morgan fingerprint density at radius 3 is 2.02 bits per heavy atom. The molecule has 0 aromatic carbocycles. The second kappa shape index (κ2) is 21.3. The van der Waals surface area contributed by atoms with Crippen LogP contribution in [0.25, 0.3) is 5.57 Å². The first-order valence-corrected chi connectivity index (χ1v) is 17.5. The van der Waals surface area contributed by atoms with Crippen molar-refractivity contribution in [3.63, 3.8) is 0 Å². The monoisotopic (exact) mass is 578 g/mol. The lowest BCUT2D eigenvalue weighted by atomic mass is 10.0. The van der Waals surface area contributed by atoms with E-state index in [9.17, 15) is 4.79 Å². The minimum Gasteiger partial charge on any atom is -0.475 e. The Morgan fingerprint density at radius 1 is 0.850 bits per heavy atom. The van der Waals surface area contributed by atoms with Crippen molar-refractivity contribution in [1.29, 1.82) is 0 Å². The molecule has 2 heterocycles. The molecule has 0 N–H and O–H groups in total. The molecule has 40 heavy (non-hydrogen) atoms. The van der Waals surface area contributed by atoms with Crippen molar-refractivity contribution in [2.24, 2.45) is 0 Å². The molecule has 0 spiro atoms. The molecule has 0 saturated carbocycles. The van der Waals surface area contributed by atoms with Crippen LogP contribution in [0.4, 0.5) is 0 Å². The summed E-state index contributed by atoms with van der Waals surface area (Å²) >= 11 is 1.22. The van der Waals surface area contributed by atoms with E-state index in [2.05, 4.69) is 42.6 Å². The smallest absolute Gasteiger partial charge is 0.310 e. The van der Waals surface area contributed by atoms with Crippen molar-refractivity contribution in [2.45, 2.75) is 155 Å². The molecule has 1 aromatic rings. The van der Waals surface area contributed by atoms with Crippen LogP contribution in [0.1, 0.15) is 155 Å². The van der Waals surface area contributed by atoms with Crippen LogP contribution in [0, 0.1) is 0 Å². The topological polar surface area (TPSA) is 61.3 Å². The fourth-order valence-electron chi connectivity index (χ4n) is 5.80. The average Bonchev–Trinajstić information content (AvgIpc) is 3.42. The Kier molecular flexibility index (Phi) is 18.5. The molecule has 0 amide bonds. The predicted octanol–water partition coefficient (Wildman–Crippen LogP) is 9.49. The molecule has 0 aliphatic carbocycles. The second-order valence-corrected chi connectivity index (χ2v) is 12.6. The Labute approximate surface area is 250 Å². The van der Waals surface area contributed by atoms with Gasteiger partial charge in [0.2, 0.25) is 6.23 Å².